The zero-order valence-corrected chi connectivity index (χ0v) is 11.4. The van der Waals surface area contributed by atoms with Crippen LogP contribution in [-0.2, 0) is 13.0 Å². The molecule has 0 aromatic carbocycles. The van der Waals surface area contributed by atoms with E-state index < -0.39 is 0 Å². The second-order valence-electron chi connectivity index (χ2n) is 5.00. The average molecular weight is 272 g/mol. The number of nitrogens with zero attached hydrogens (tertiary/aromatic N) is 2. The number of thioether (sulfide) groups is 1. The highest BCUT2D eigenvalue weighted by Gasteiger charge is 2.27. The van der Waals surface area contributed by atoms with Crippen LogP contribution in [0.15, 0.2) is 0 Å². The molecule has 1 aromatic rings. The van der Waals surface area contributed by atoms with Gasteiger partial charge in [0, 0.05) is 18.5 Å². The Morgan fingerprint density at radius 3 is 2.82 bits per heavy atom. The Balaban J connectivity index is 1.93. The SMILES string of the molecule is NC1CCc2c(Cl)nc(C3CCSCC3)n2C1. The summed E-state index contributed by atoms with van der Waals surface area (Å²) in [5.41, 5.74) is 7.27. The quantitative estimate of drug-likeness (QED) is 0.853. The molecule has 1 atom stereocenters. The van der Waals surface area contributed by atoms with Crippen LogP contribution < -0.4 is 5.73 Å². The van der Waals surface area contributed by atoms with Crippen LogP contribution in [0.2, 0.25) is 5.15 Å². The van der Waals surface area contributed by atoms with Crippen LogP contribution in [0.25, 0.3) is 0 Å². The Labute approximate surface area is 111 Å². The topological polar surface area (TPSA) is 43.8 Å². The summed E-state index contributed by atoms with van der Waals surface area (Å²) in [6.07, 6.45) is 4.47. The predicted octanol–water partition coefficient (Wildman–Crippen LogP) is 2.42. The van der Waals surface area contributed by atoms with Crippen molar-refractivity contribution in [3.63, 3.8) is 0 Å². The number of halogens is 1. The van der Waals surface area contributed by atoms with E-state index in [0.29, 0.717) is 11.1 Å². The molecule has 2 aliphatic rings. The van der Waals surface area contributed by atoms with Gasteiger partial charge in [-0.1, -0.05) is 11.6 Å². The second-order valence-corrected chi connectivity index (χ2v) is 6.59. The van der Waals surface area contributed by atoms with E-state index >= 15 is 0 Å². The third-order valence-corrected chi connectivity index (χ3v) is 5.16. The number of hydrogen-bond acceptors (Lipinski definition) is 3. The van der Waals surface area contributed by atoms with E-state index in [0.717, 1.165) is 19.4 Å². The summed E-state index contributed by atoms with van der Waals surface area (Å²) < 4.78 is 2.30. The van der Waals surface area contributed by atoms with Crippen molar-refractivity contribution in [3.05, 3.63) is 16.7 Å². The molecule has 0 bridgehead atoms. The number of hydrogen-bond donors (Lipinski definition) is 1. The first-order valence-corrected chi connectivity index (χ1v) is 7.87. The van der Waals surface area contributed by atoms with E-state index in [-0.39, 0.29) is 6.04 Å². The molecule has 2 N–H and O–H groups in total. The van der Waals surface area contributed by atoms with Crippen LogP contribution >= 0.6 is 23.4 Å². The normalized spacial score (nSPS) is 25.9. The van der Waals surface area contributed by atoms with Crippen molar-refractivity contribution >= 4 is 23.4 Å². The molecule has 2 aliphatic heterocycles. The lowest BCUT2D eigenvalue weighted by molar-refractivity contribution is 0.431. The number of imidazole rings is 1. The third kappa shape index (κ3) is 2.23. The second kappa shape index (κ2) is 4.82. The molecule has 0 spiro atoms. The summed E-state index contributed by atoms with van der Waals surface area (Å²) in [5.74, 6) is 4.28. The van der Waals surface area contributed by atoms with E-state index in [9.17, 15) is 0 Å². The summed E-state index contributed by atoms with van der Waals surface area (Å²) >= 11 is 8.30. The number of nitrogens with two attached hydrogens (primary N) is 1. The van der Waals surface area contributed by atoms with Crippen LogP contribution in [0, 0.1) is 0 Å². The Hall–Kier alpha value is -0.190. The molecular weight excluding hydrogens is 254 g/mol. The highest BCUT2D eigenvalue weighted by molar-refractivity contribution is 7.99. The maximum Gasteiger partial charge on any atom is 0.150 e. The Morgan fingerprint density at radius 2 is 2.06 bits per heavy atom. The van der Waals surface area contributed by atoms with E-state index in [2.05, 4.69) is 9.55 Å². The first-order valence-electron chi connectivity index (χ1n) is 6.34. The van der Waals surface area contributed by atoms with Crippen molar-refractivity contribution in [3.8, 4) is 0 Å². The van der Waals surface area contributed by atoms with Crippen LogP contribution in [0.5, 0.6) is 0 Å². The Morgan fingerprint density at radius 1 is 1.29 bits per heavy atom. The molecule has 0 amide bonds. The first-order chi connectivity index (χ1) is 8.25. The van der Waals surface area contributed by atoms with Gasteiger partial charge in [0.2, 0.25) is 0 Å². The largest absolute Gasteiger partial charge is 0.329 e. The van der Waals surface area contributed by atoms with Crippen molar-refractivity contribution in [1.82, 2.24) is 9.55 Å². The van der Waals surface area contributed by atoms with Crippen LogP contribution in [-0.4, -0.2) is 27.1 Å². The maximum absolute atomic E-state index is 6.25. The summed E-state index contributed by atoms with van der Waals surface area (Å²) in [6.45, 7) is 0.897. The van der Waals surface area contributed by atoms with Gasteiger partial charge >= 0.3 is 0 Å². The zero-order chi connectivity index (χ0) is 11.8. The molecule has 1 saturated heterocycles. The van der Waals surface area contributed by atoms with Crippen molar-refractivity contribution in [2.24, 2.45) is 5.73 Å². The van der Waals surface area contributed by atoms with E-state index in [4.69, 9.17) is 17.3 Å². The van der Waals surface area contributed by atoms with Crippen molar-refractivity contribution in [2.45, 2.75) is 44.2 Å². The zero-order valence-electron chi connectivity index (χ0n) is 9.86. The molecule has 0 saturated carbocycles. The highest BCUT2D eigenvalue weighted by Crippen LogP contribution is 2.34. The lowest BCUT2D eigenvalue weighted by Gasteiger charge is -2.26. The molecule has 94 valence electrons. The first kappa shape index (κ1) is 11.9. The van der Waals surface area contributed by atoms with E-state index in [1.54, 1.807) is 0 Å². The molecule has 1 aromatic heterocycles. The van der Waals surface area contributed by atoms with Crippen molar-refractivity contribution in [1.29, 1.82) is 0 Å². The van der Waals surface area contributed by atoms with Gasteiger partial charge in [0.25, 0.3) is 0 Å². The average Bonchev–Trinajstić information content (AvgIpc) is 2.67. The van der Waals surface area contributed by atoms with Gasteiger partial charge in [0.05, 0.1) is 5.69 Å². The van der Waals surface area contributed by atoms with Crippen molar-refractivity contribution < 1.29 is 0 Å². The predicted molar refractivity (Wildman–Crippen MR) is 72.8 cm³/mol. The summed E-state index contributed by atoms with van der Waals surface area (Å²) in [7, 11) is 0. The Bertz CT molecular complexity index is 412. The third-order valence-electron chi connectivity index (χ3n) is 3.81. The van der Waals surface area contributed by atoms with Gasteiger partial charge in [-0.15, -0.1) is 0 Å². The fourth-order valence-corrected chi connectivity index (χ4v) is 4.22. The molecular formula is C12H18ClN3S. The van der Waals surface area contributed by atoms with Gasteiger partial charge in [0.1, 0.15) is 5.82 Å². The van der Waals surface area contributed by atoms with Gasteiger partial charge in [0.15, 0.2) is 5.15 Å². The minimum Gasteiger partial charge on any atom is -0.329 e. The number of rotatable bonds is 1. The number of aromatic nitrogens is 2. The minimum atomic E-state index is 0.268. The molecule has 3 heterocycles. The fraction of sp³-hybridized carbons (Fsp3) is 0.750. The van der Waals surface area contributed by atoms with Gasteiger partial charge in [-0.2, -0.15) is 11.8 Å². The molecule has 3 nitrogen and oxygen atoms in total. The fourth-order valence-electron chi connectivity index (χ4n) is 2.83. The van der Waals surface area contributed by atoms with Crippen LogP contribution in [0.3, 0.4) is 0 Å². The molecule has 3 rings (SSSR count). The molecule has 17 heavy (non-hydrogen) atoms. The molecule has 0 aliphatic carbocycles. The maximum atomic E-state index is 6.25. The van der Waals surface area contributed by atoms with E-state index in [1.165, 1.54) is 35.9 Å². The van der Waals surface area contributed by atoms with Gasteiger partial charge in [-0.05, 0) is 37.2 Å². The van der Waals surface area contributed by atoms with Gasteiger partial charge in [-0.25, -0.2) is 4.98 Å². The van der Waals surface area contributed by atoms with E-state index in [1.807, 2.05) is 11.8 Å². The molecule has 1 fully saturated rings. The standard InChI is InChI=1S/C12H18ClN3S/c13-11-10-2-1-9(14)7-16(10)12(15-11)8-3-5-17-6-4-8/h8-9H,1-7,14H2. The highest BCUT2D eigenvalue weighted by atomic mass is 35.5. The van der Waals surface area contributed by atoms with Gasteiger partial charge in [-0.3, -0.25) is 0 Å². The monoisotopic (exact) mass is 271 g/mol. The minimum absolute atomic E-state index is 0.268. The van der Waals surface area contributed by atoms with Crippen LogP contribution in [0.1, 0.15) is 36.7 Å². The molecule has 0 radical (unpaired) electrons. The van der Waals surface area contributed by atoms with Gasteiger partial charge < -0.3 is 10.3 Å². The smallest absolute Gasteiger partial charge is 0.150 e. The van der Waals surface area contributed by atoms with Crippen molar-refractivity contribution in [2.75, 3.05) is 11.5 Å². The number of fused-ring (bicyclic) bond motifs is 1. The molecule has 5 heteroatoms. The summed E-state index contributed by atoms with van der Waals surface area (Å²) in [4.78, 5) is 4.61. The lowest BCUT2D eigenvalue weighted by atomic mass is 10.0. The summed E-state index contributed by atoms with van der Waals surface area (Å²) in [6, 6.07) is 0.268. The Kier molecular flexibility index (Phi) is 3.37. The van der Waals surface area contributed by atoms with Crippen LogP contribution in [0.4, 0.5) is 0 Å². The summed E-state index contributed by atoms with van der Waals surface area (Å²) in [5, 5.41) is 0.713. The lowest BCUT2D eigenvalue weighted by Crippen LogP contribution is -2.33. The molecule has 1 unspecified atom stereocenters.